The minimum atomic E-state index is -0.162. The molecular formula is C13H20FN. The zero-order chi connectivity index (χ0) is 11.3. The molecule has 0 spiro atoms. The third kappa shape index (κ3) is 3.63. The van der Waals surface area contributed by atoms with Crippen molar-refractivity contribution >= 4 is 0 Å². The van der Waals surface area contributed by atoms with E-state index in [2.05, 4.69) is 26.1 Å². The van der Waals surface area contributed by atoms with Crippen LogP contribution in [-0.4, -0.2) is 13.1 Å². The quantitative estimate of drug-likeness (QED) is 0.785. The Balaban J connectivity index is 2.59. The van der Waals surface area contributed by atoms with E-state index in [9.17, 15) is 4.39 Å². The van der Waals surface area contributed by atoms with E-state index in [0.29, 0.717) is 11.8 Å². The monoisotopic (exact) mass is 209 g/mol. The van der Waals surface area contributed by atoms with E-state index < -0.39 is 0 Å². The Kier molecular flexibility index (Phi) is 4.76. The van der Waals surface area contributed by atoms with Crippen molar-refractivity contribution in [2.75, 3.05) is 13.1 Å². The number of nitrogens with one attached hydrogen (secondary N) is 1. The van der Waals surface area contributed by atoms with Crippen molar-refractivity contribution in [3.8, 4) is 0 Å². The minimum absolute atomic E-state index is 0.162. The van der Waals surface area contributed by atoms with Crippen LogP contribution in [0.2, 0.25) is 0 Å². The lowest BCUT2D eigenvalue weighted by Crippen LogP contribution is -2.24. The molecular weight excluding hydrogens is 189 g/mol. The normalized spacial score (nSPS) is 14.9. The van der Waals surface area contributed by atoms with Crippen molar-refractivity contribution in [1.29, 1.82) is 0 Å². The van der Waals surface area contributed by atoms with Gasteiger partial charge in [-0.05, 0) is 42.6 Å². The number of hydrogen-bond donors (Lipinski definition) is 1. The number of rotatable bonds is 5. The molecule has 0 aliphatic rings. The summed E-state index contributed by atoms with van der Waals surface area (Å²) in [5.41, 5.74) is 1.21. The Hall–Kier alpha value is -0.890. The van der Waals surface area contributed by atoms with Crippen LogP contribution < -0.4 is 5.32 Å². The second-order valence-electron chi connectivity index (χ2n) is 4.13. The van der Waals surface area contributed by atoms with Crippen molar-refractivity contribution < 1.29 is 4.39 Å². The van der Waals surface area contributed by atoms with Gasteiger partial charge in [0.2, 0.25) is 0 Å². The fraction of sp³-hybridized carbons (Fsp3) is 0.538. The molecule has 0 heterocycles. The first-order valence-electron chi connectivity index (χ1n) is 5.61. The van der Waals surface area contributed by atoms with Gasteiger partial charge in [-0.3, -0.25) is 0 Å². The maximum absolute atomic E-state index is 12.7. The first-order valence-corrected chi connectivity index (χ1v) is 5.61. The smallest absolute Gasteiger partial charge is 0.123 e. The summed E-state index contributed by atoms with van der Waals surface area (Å²) in [6.07, 6.45) is 0. The average Bonchev–Trinajstić information content (AvgIpc) is 2.26. The Morgan fingerprint density at radius 2 is 1.80 bits per heavy atom. The Morgan fingerprint density at radius 1 is 1.20 bits per heavy atom. The molecule has 0 aliphatic carbocycles. The molecule has 84 valence electrons. The summed E-state index contributed by atoms with van der Waals surface area (Å²) in [4.78, 5) is 0. The van der Waals surface area contributed by atoms with Gasteiger partial charge in [0.25, 0.3) is 0 Å². The Morgan fingerprint density at radius 3 is 2.33 bits per heavy atom. The Bertz CT molecular complexity index is 281. The first-order chi connectivity index (χ1) is 7.15. The van der Waals surface area contributed by atoms with Crippen LogP contribution >= 0.6 is 0 Å². The van der Waals surface area contributed by atoms with Crippen molar-refractivity contribution in [3.63, 3.8) is 0 Å². The van der Waals surface area contributed by atoms with Crippen molar-refractivity contribution in [2.24, 2.45) is 5.92 Å². The van der Waals surface area contributed by atoms with E-state index in [1.807, 2.05) is 12.1 Å². The van der Waals surface area contributed by atoms with Gasteiger partial charge in [-0.2, -0.15) is 0 Å². The van der Waals surface area contributed by atoms with Gasteiger partial charge in [-0.15, -0.1) is 0 Å². The molecule has 0 saturated carbocycles. The van der Waals surface area contributed by atoms with E-state index in [-0.39, 0.29) is 5.82 Å². The van der Waals surface area contributed by atoms with Crippen LogP contribution in [0.4, 0.5) is 4.39 Å². The molecule has 0 fully saturated rings. The SMILES string of the molecule is CCNCC(C)C(C)c1ccc(F)cc1. The highest BCUT2D eigenvalue weighted by atomic mass is 19.1. The highest BCUT2D eigenvalue weighted by molar-refractivity contribution is 5.20. The average molecular weight is 209 g/mol. The summed E-state index contributed by atoms with van der Waals surface area (Å²) in [6, 6.07) is 6.82. The summed E-state index contributed by atoms with van der Waals surface area (Å²) < 4.78 is 12.7. The van der Waals surface area contributed by atoms with Crippen LogP contribution in [0.15, 0.2) is 24.3 Å². The summed E-state index contributed by atoms with van der Waals surface area (Å²) in [5.74, 6) is 0.866. The molecule has 1 rings (SSSR count). The van der Waals surface area contributed by atoms with Gasteiger partial charge in [0, 0.05) is 0 Å². The van der Waals surface area contributed by atoms with Crippen molar-refractivity contribution in [3.05, 3.63) is 35.6 Å². The van der Waals surface area contributed by atoms with E-state index >= 15 is 0 Å². The summed E-state index contributed by atoms with van der Waals surface area (Å²) >= 11 is 0. The fourth-order valence-electron chi connectivity index (χ4n) is 1.64. The van der Waals surface area contributed by atoms with Gasteiger partial charge in [0.1, 0.15) is 5.82 Å². The van der Waals surface area contributed by atoms with Gasteiger partial charge in [0.05, 0.1) is 0 Å². The topological polar surface area (TPSA) is 12.0 Å². The highest BCUT2D eigenvalue weighted by Crippen LogP contribution is 2.23. The molecule has 1 aromatic rings. The lowest BCUT2D eigenvalue weighted by atomic mass is 9.89. The number of benzene rings is 1. The van der Waals surface area contributed by atoms with Crippen LogP contribution in [0.25, 0.3) is 0 Å². The lowest BCUT2D eigenvalue weighted by molar-refractivity contribution is 0.453. The van der Waals surface area contributed by atoms with E-state index in [4.69, 9.17) is 0 Å². The fourth-order valence-corrected chi connectivity index (χ4v) is 1.64. The van der Waals surface area contributed by atoms with E-state index in [1.165, 1.54) is 17.7 Å². The van der Waals surface area contributed by atoms with E-state index in [1.54, 1.807) is 0 Å². The molecule has 0 aromatic heterocycles. The molecule has 1 aromatic carbocycles. The van der Waals surface area contributed by atoms with Crippen LogP contribution in [0.3, 0.4) is 0 Å². The summed E-state index contributed by atoms with van der Waals surface area (Å²) in [6.45, 7) is 8.52. The predicted octanol–water partition coefficient (Wildman–Crippen LogP) is 3.17. The zero-order valence-corrected chi connectivity index (χ0v) is 9.76. The molecule has 2 atom stereocenters. The maximum atomic E-state index is 12.7. The summed E-state index contributed by atoms with van der Waals surface area (Å²) in [5, 5.41) is 3.34. The first kappa shape index (κ1) is 12.2. The predicted molar refractivity (Wildman–Crippen MR) is 62.5 cm³/mol. The molecule has 1 nitrogen and oxygen atoms in total. The van der Waals surface area contributed by atoms with Gasteiger partial charge in [0.15, 0.2) is 0 Å². The highest BCUT2D eigenvalue weighted by Gasteiger charge is 2.13. The van der Waals surface area contributed by atoms with Gasteiger partial charge in [-0.25, -0.2) is 4.39 Å². The molecule has 2 heteroatoms. The number of hydrogen-bond acceptors (Lipinski definition) is 1. The molecule has 1 N–H and O–H groups in total. The van der Waals surface area contributed by atoms with E-state index in [0.717, 1.165) is 13.1 Å². The second kappa shape index (κ2) is 5.86. The third-order valence-corrected chi connectivity index (χ3v) is 2.97. The van der Waals surface area contributed by atoms with Crippen LogP contribution in [0, 0.1) is 11.7 Å². The largest absolute Gasteiger partial charge is 0.317 e. The maximum Gasteiger partial charge on any atom is 0.123 e. The molecule has 15 heavy (non-hydrogen) atoms. The molecule has 0 amide bonds. The van der Waals surface area contributed by atoms with Crippen molar-refractivity contribution in [2.45, 2.75) is 26.7 Å². The van der Waals surface area contributed by atoms with Crippen LogP contribution in [-0.2, 0) is 0 Å². The van der Waals surface area contributed by atoms with Gasteiger partial charge >= 0.3 is 0 Å². The molecule has 0 radical (unpaired) electrons. The molecule has 0 aliphatic heterocycles. The minimum Gasteiger partial charge on any atom is -0.317 e. The van der Waals surface area contributed by atoms with Crippen LogP contribution in [0.5, 0.6) is 0 Å². The number of halogens is 1. The zero-order valence-electron chi connectivity index (χ0n) is 9.76. The van der Waals surface area contributed by atoms with Crippen molar-refractivity contribution in [1.82, 2.24) is 5.32 Å². The van der Waals surface area contributed by atoms with Gasteiger partial charge in [-0.1, -0.05) is 32.9 Å². The Labute approximate surface area is 91.7 Å². The lowest BCUT2D eigenvalue weighted by Gasteiger charge is -2.20. The van der Waals surface area contributed by atoms with Crippen LogP contribution in [0.1, 0.15) is 32.3 Å². The second-order valence-corrected chi connectivity index (χ2v) is 4.13. The third-order valence-electron chi connectivity index (χ3n) is 2.97. The van der Waals surface area contributed by atoms with Gasteiger partial charge < -0.3 is 5.32 Å². The molecule has 0 bridgehead atoms. The standard InChI is InChI=1S/C13H20FN/c1-4-15-9-10(2)11(3)12-5-7-13(14)8-6-12/h5-8,10-11,15H,4,9H2,1-3H3. The molecule has 0 saturated heterocycles. The summed E-state index contributed by atoms with van der Waals surface area (Å²) in [7, 11) is 0. The molecule has 2 unspecified atom stereocenters.